The van der Waals surface area contributed by atoms with Crippen LogP contribution in [0.3, 0.4) is 0 Å². The zero-order valence-electron chi connectivity index (χ0n) is 14.2. The molecule has 0 unspecified atom stereocenters. The minimum absolute atomic E-state index is 0. The van der Waals surface area contributed by atoms with Crippen LogP contribution in [0.15, 0.2) is 48.5 Å². The monoisotopic (exact) mass is 337 g/mol. The molecule has 1 heterocycles. The SMILES string of the molecule is C.CCc1ccc(O)cc1.Cc1ccc(-c2n[nH]c(C3CC3)n2)cc1. The van der Waals surface area contributed by atoms with Crippen LogP contribution in [0.2, 0.25) is 0 Å². The molecule has 4 nitrogen and oxygen atoms in total. The van der Waals surface area contributed by atoms with Crippen molar-refractivity contribution in [3.63, 3.8) is 0 Å². The minimum Gasteiger partial charge on any atom is -0.508 e. The number of phenolic OH excluding ortho intramolecular Hbond substituents is 1. The molecule has 1 aliphatic carbocycles. The quantitative estimate of drug-likeness (QED) is 0.686. The van der Waals surface area contributed by atoms with Crippen LogP contribution in [0.1, 0.15) is 50.1 Å². The molecule has 4 rings (SSSR count). The van der Waals surface area contributed by atoms with E-state index in [1.54, 1.807) is 12.1 Å². The van der Waals surface area contributed by atoms with E-state index in [-0.39, 0.29) is 7.43 Å². The summed E-state index contributed by atoms with van der Waals surface area (Å²) in [5.74, 6) is 2.84. The first kappa shape index (κ1) is 18.7. The van der Waals surface area contributed by atoms with Gasteiger partial charge in [0.05, 0.1) is 0 Å². The van der Waals surface area contributed by atoms with Crippen molar-refractivity contribution in [1.29, 1.82) is 0 Å². The number of H-pyrrole nitrogens is 1. The second kappa shape index (κ2) is 8.47. The first-order valence-corrected chi connectivity index (χ1v) is 8.43. The lowest BCUT2D eigenvalue weighted by atomic mass is 10.1. The van der Waals surface area contributed by atoms with Crippen molar-refractivity contribution in [3.8, 4) is 17.1 Å². The largest absolute Gasteiger partial charge is 0.508 e. The second-order valence-electron chi connectivity index (χ2n) is 6.20. The fraction of sp³-hybridized carbons (Fsp3) is 0.333. The van der Waals surface area contributed by atoms with E-state index in [4.69, 9.17) is 5.11 Å². The van der Waals surface area contributed by atoms with Crippen LogP contribution in [-0.4, -0.2) is 20.3 Å². The van der Waals surface area contributed by atoms with Gasteiger partial charge in [-0.25, -0.2) is 4.98 Å². The van der Waals surface area contributed by atoms with Crippen LogP contribution < -0.4 is 0 Å². The van der Waals surface area contributed by atoms with Gasteiger partial charge in [0.15, 0.2) is 5.82 Å². The molecule has 0 amide bonds. The molecular formula is C21H27N3O. The van der Waals surface area contributed by atoms with Crippen LogP contribution in [-0.2, 0) is 6.42 Å². The summed E-state index contributed by atoms with van der Waals surface area (Å²) in [4.78, 5) is 4.51. The normalized spacial score (nSPS) is 12.7. The summed E-state index contributed by atoms with van der Waals surface area (Å²) in [5, 5.41) is 16.1. The number of hydrogen-bond donors (Lipinski definition) is 2. The highest BCUT2D eigenvalue weighted by Crippen LogP contribution is 2.38. The van der Waals surface area contributed by atoms with Gasteiger partial charge in [-0.2, -0.15) is 5.10 Å². The van der Waals surface area contributed by atoms with Gasteiger partial charge in [-0.15, -0.1) is 0 Å². The van der Waals surface area contributed by atoms with Crippen LogP contribution in [0.5, 0.6) is 5.75 Å². The Balaban J connectivity index is 0.000000196. The van der Waals surface area contributed by atoms with Crippen molar-refractivity contribution in [2.75, 3.05) is 0 Å². The summed E-state index contributed by atoms with van der Waals surface area (Å²) in [7, 11) is 0. The van der Waals surface area contributed by atoms with Gasteiger partial charge < -0.3 is 5.11 Å². The molecule has 2 aromatic carbocycles. The van der Waals surface area contributed by atoms with Gasteiger partial charge in [-0.1, -0.05) is 56.3 Å². The molecule has 25 heavy (non-hydrogen) atoms. The van der Waals surface area contributed by atoms with E-state index in [9.17, 15) is 0 Å². The molecule has 4 heteroatoms. The molecule has 1 aliphatic rings. The summed E-state index contributed by atoms with van der Waals surface area (Å²) in [5.41, 5.74) is 3.60. The molecule has 0 bridgehead atoms. The Morgan fingerprint density at radius 3 is 2.24 bits per heavy atom. The van der Waals surface area contributed by atoms with Crippen molar-refractivity contribution in [1.82, 2.24) is 15.2 Å². The highest BCUT2D eigenvalue weighted by atomic mass is 16.3. The van der Waals surface area contributed by atoms with Crippen molar-refractivity contribution in [2.24, 2.45) is 0 Å². The molecule has 0 radical (unpaired) electrons. The second-order valence-corrected chi connectivity index (χ2v) is 6.20. The highest BCUT2D eigenvalue weighted by molar-refractivity contribution is 5.54. The number of benzene rings is 2. The molecule has 1 aromatic heterocycles. The van der Waals surface area contributed by atoms with Crippen molar-refractivity contribution < 1.29 is 5.11 Å². The third-order valence-corrected chi connectivity index (χ3v) is 4.12. The van der Waals surface area contributed by atoms with E-state index in [0.717, 1.165) is 23.6 Å². The van der Waals surface area contributed by atoms with Crippen LogP contribution in [0, 0.1) is 6.92 Å². The maximum absolute atomic E-state index is 8.85. The maximum atomic E-state index is 8.85. The number of aromatic nitrogens is 3. The standard InChI is InChI=1S/C12H13N3.C8H10O.CH4/c1-8-2-4-9(5-3-8)11-13-12(15-14-11)10-6-7-10;1-2-7-3-5-8(9)6-4-7;/h2-5,10H,6-7H2,1H3,(H,13,14,15);3-6,9H,2H2,1H3;1H4. The van der Waals surface area contributed by atoms with Crippen molar-refractivity contribution in [2.45, 2.75) is 46.5 Å². The molecule has 132 valence electrons. The smallest absolute Gasteiger partial charge is 0.181 e. The Kier molecular flexibility index (Phi) is 6.34. The summed E-state index contributed by atoms with van der Waals surface area (Å²) < 4.78 is 0. The van der Waals surface area contributed by atoms with Gasteiger partial charge in [-0.05, 0) is 43.9 Å². The number of aryl methyl sites for hydroxylation is 2. The molecule has 2 N–H and O–H groups in total. The van der Waals surface area contributed by atoms with Gasteiger partial charge >= 0.3 is 0 Å². The van der Waals surface area contributed by atoms with Gasteiger partial charge in [0.2, 0.25) is 0 Å². The summed E-state index contributed by atoms with van der Waals surface area (Å²) in [6.07, 6.45) is 3.53. The predicted molar refractivity (Wildman–Crippen MR) is 103 cm³/mol. The summed E-state index contributed by atoms with van der Waals surface area (Å²) in [6.45, 7) is 4.17. The Morgan fingerprint density at radius 2 is 1.68 bits per heavy atom. The van der Waals surface area contributed by atoms with Crippen molar-refractivity contribution >= 4 is 0 Å². The van der Waals surface area contributed by atoms with Gasteiger partial charge in [0, 0.05) is 11.5 Å². The lowest BCUT2D eigenvalue weighted by Gasteiger charge is -1.95. The molecule has 1 fully saturated rings. The van der Waals surface area contributed by atoms with Crippen LogP contribution >= 0.6 is 0 Å². The maximum Gasteiger partial charge on any atom is 0.181 e. The van der Waals surface area contributed by atoms with Gasteiger partial charge in [0.25, 0.3) is 0 Å². The van der Waals surface area contributed by atoms with E-state index >= 15 is 0 Å². The fourth-order valence-electron chi connectivity index (χ4n) is 2.38. The number of nitrogens with one attached hydrogen (secondary N) is 1. The number of aromatic hydroxyl groups is 1. The third kappa shape index (κ3) is 5.18. The summed E-state index contributed by atoms with van der Waals surface area (Å²) in [6, 6.07) is 15.6. The first-order valence-electron chi connectivity index (χ1n) is 8.43. The zero-order chi connectivity index (χ0) is 16.9. The molecule has 3 aromatic rings. The highest BCUT2D eigenvalue weighted by Gasteiger charge is 2.27. The first-order chi connectivity index (χ1) is 11.7. The van der Waals surface area contributed by atoms with E-state index < -0.39 is 0 Å². The predicted octanol–water partition coefficient (Wildman–Crippen LogP) is 5.25. The lowest BCUT2D eigenvalue weighted by molar-refractivity contribution is 0.475. The minimum atomic E-state index is 0. The average Bonchev–Trinajstić information content (AvgIpc) is 3.34. The van der Waals surface area contributed by atoms with Gasteiger partial charge in [-0.3, -0.25) is 5.10 Å². The molecule has 1 saturated carbocycles. The average molecular weight is 337 g/mol. The third-order valence-electron chi connectivity index (χ3n) is 4.12. The molecular weight excluding hydrogens is 310 g/mol. The molecule has 0 atom stereocenters. The Hall–Kier alpha value is -2.62. The lowest BCUT2D eigenvalue weighted by Crippen LogP contribution is -1.82. The van der Waals surface area contributed by atoms with E-state index in [1.165, 1.54) is 24.0 Å². The Bertz CT molecular complexity index is 772. The van der Waals surface area contributed by atoms with E-state index in [0.29, 0.717) is 11.7 Å². The number of phenols is 1. The molecule has 0 spiro atoms. The number of rotatable bonds is 3. The van der Waals surface area contributed by atoms with Gasteiger partial charge in [0.1, 0.15) is 11.6 Å². The topological polar surface area (TPSA) is 61.8 Å². The van der Waals surface area contributed by atoms with E-state index in [2.05, 4.69) is 53.3 Å². The number of aromatic amines is 1. The number of nitrogens with zero attached hydrogens (tertiary/aromatic N) is 2. The van der Waals surface area contributed by atoms with E-state index in [1.807, 2.05) is 12.1 Å². The Labute approximate surface area is 150 Å². The zero-order valence-corrected chi connectivity index (χ0v) is 14.2. The van der Waals surface area contributed by atoms with Crippen LogP contribution in [0.4, 0.5) is 0 Å². The fourth-order valence-corrected chi connectivity index (χ4v) is 2.38. The molecule has 0 saturated heterocycles. The van der Waals surface area contributed by atoms with Crippen molar-refractivity contribution in [3.05, 3.63) is 65.5 Å². The Morgan fingerprint density at radius 1 is 1.04 bits per heavy atom. The van der Waals surface area contributed by atoms with Crippen LogP contribution in [0.25, 0.3) is 11.4 Å². The summed E-state index contributed by atoms with van der Waals surface area (Å²) >= 11 is 0. The number of hydrogen-bond acceptors (Lipinski definition) is 3. The molecule has 0 aliphatic heterocycles.